The molecule has 0 fully saturated rings. The molecule has 2 rings (SSSR count). The quantitative estimate of drug-likeness (QED) is 0.618. The van der Waals surface area contributed by atoms with Crippen molar-refractivity contribution in [1.29, 1.82) is 0 Å². The molecule has 0 amide bonds. The third kappa shape index (κ3) is 1.01. The summed E-state index contributed by atoms with van der Waals surface area (Å²) in [5.74, 6) is -0.266. The zero-order valence-electron chi connectivity index (χ0n) is 5.34. The van der Waals surface area contributed by atoms with Gasteiger partial charge in [0.2, 0.25) is 0 Å². The molecule has 0 atom stereocenters. The summed E-state index contributed by atoms with van der Waals surface area (Å²) in [7, 11) is 0. The lowest BCUT2D eigenvalue weighted by Gasteiger charge is -1.91. The van der Waals surface area contributed by atoms with Gasteiger partial charge < -0.3 is 0 Å². The highest BCUT2D eigenvalue weighted by Crippen LogP contribution is 2.28. The van der Waals surface area contributed by atoms with Crippen molar-refractivity contribution in [3.63, 3.8) is 0 Å². The molecule has 2 aromatic rings. The van der Waals surface area contributed by atoms with E-state index < -0.39 is 0 Å². The second-order valence-corrected chi connectivity index (χ2v) is 3.31. The molecule has 1 heterocycles. The van der Waals surface area contributed by atoms with Gasteiger partial charge in [0.25, 0.3) is 0 Å². The lowest BCUT2D eigenvalue weighted by molar-refractivity contribution is 0.640. The normalized spacial score (nSPS) is 10.7. The SMILES string of the molecule is Fc1ccc(Cl)c2sncc12. The van der Waals surface area contributed by atoms with Crippen molar-refractivity contribution < 1.29 is 4.39 Å². The van der Waals surface area contributed by atoms with Crippen LogP contribution < -0.4 is 0 Å². The summed E-state index contributed by atoms with van der Waals surface area (Å²) in [5.41, 5.74) is 0. The highest BCUT2D eigenvalue weighted by atomic mass is 35.5. The molecule has 0 aliphatic rings. The first-order valence-corrected chi connectivity index (χ1v) is 4.12. The van der Waals surface area contributed by atoms with Crippen molar-refractivity contribution in [2.75, 3.05) is 0 Å². The van der Waals surface area contributed by atoms with Gasteiger partial charge in [-0.25, -0.2) is 4.39 Å². The van der Waals surface area contributed by atoms with E-state index in [1.807, 2.05) is 0 Å². The minimum atomic E-state index is -0.266. The van der Waals surface area contributed by atoms with E-state index >= 15 is 0 Å². The fraction of sp³-hybridized carbons (Fsp3) is 0. The first kappa shape index (κ1) is 7.00. The second-order valence-electron chi connectivity index (χ2n) is 2.10. The highest BCUT2D eigenvalue weighted by molar-refractivity contribution is 7.14. The van der Waals surface area contributed by atoms with Crippen LogP contribution in [0.2, 0.25) is 5.02 Å². The van der Waals surface area contributed by atoms with Gasteiger partial charge in [0, 0.05) is 5.39 Å². The first-order valence-electron chi connectivity index (χ1n) is 2.97. The summed E-state index contributed by atoms with van der Waals surface area (Å²) in [6.45, 7) is 0. The summed E-state index contributed by atoms with van der Waals surface area (Å²) in [6.07, 6.45) is 1.49. The molecule has 0 N–H and O–H groups in total. The summed E-state index contributed by atoms with van der Waals surface area (Å²) in [5, 5.41) is 1.06. The van der Waals surface area contributed by atoms with Crippen LogP contribution in [0.1, 0.15) is 0 Å². The van der Waals surface area contributed by atoms with E-state index in [1.54, 1.807) is 0 Å². The fourth-order valence-electron chi connectivity index (χ4n) is 0.894. The van der Waals surface area contributed by atoms with Crippen LogP contribution in [0.25, 0.3) is 10.1 Å². The number of hydrogen-bond donors (Lipinski definition) is 0. The zero-order chi connectivity index (χ0) is 7.84. The molecule has 0 bridgehead atoms. The van der Waals surface area contributed by atoms with E-state index in [-0.39, 0.29) is 5.82 Å². The first-order chi connectivity index (χ1) is 5.29. The van der Waals surface area contributed by atoms with Gasteiger partial charge in [0.1, 0.15) is 5.82 Å². The maximum Gasteiger partial charge on any atom is 0.133 e. The van der Waals surface area contributed by atoms with Crippen molar-refractivity contribution >= 4 is 33.2 Å². The Balaban J connectivity index is 2.96. The van der Waals surface area contributed by atoms with Crippen LogP contribution in [-0.2, 0) is 0 Å². The molecule has 0 aliphatic heterocycles. The zero-order valence-corrected chi connectivity index (χ0v) is 6.92. The molecule has 0 unspecified atom stereocenters. The summed E-state index contributed by atoms with van der Waals surface area (Å²) < 4.78 is 17.5. The molecule has 1 nitrogen and oxygen atoms in total. The molecule has 1 aromatic carbocycles. The highest BCUT2D eigenvalue weighted by Gasteiger charge is 2.05. The molecule has 56 valence electrons. The van der Waals surface area contributed by atoms with Crippen molar-refractivity contribution in [1.82, 2.24) is 4.37 Å². The van der Waals surface area contributed by atoms with Gasteiger partial charge in [0.05, 0.1) is 15.9 Å². The lowest BCUT2D eigenvalue weighted by Crippen LogP contribution is -1.73. The van der Waals surface area contributed by atoms with E-state index in [9.17, 15) is 4.39 Å². The Morgan fingerprint density at radius 1 is 1.45 bits per heavy atom. The third-order valence-electron chi connectivity index (χ3n) is 1.42. The molecule has 0 radical (unpaired) electrons. The molecule has 4 heteroatoms. The Kier molecular flexibility index (Phi) is 1.55. The number of nitrogens with zero attached hydrogens (tertiary/aromatic N) is 1. The van der Waals surface area contributed by atoms with Crippen molar-refractivity contribution in [3.05, 3.63) is 29.2 Å². The Morgan fingerprint density at radius 3 is 3.00 bits per heavy atom. The Hall–Kier alpha value is -0.670. The van der Waals surface area contributed by atoms with Gasteiger partial charge in [-0.3, -0.25) is 0 Å². The Morgan fingerprint density at radius 2 is 2.27 bits per heavy atom. The monoisotopic (exact) mass is 187 g/mol. The second kappa shape index (κ2) is 2.43. The number of aromatic nitrogens is 1. The molecule has 0 spiro atoms. The topological polar surface area (TPSA) is 12.9 Å². The predicted molar refractivity (Wildman–Crippen MR) is 44.6 cm³/mol. The van der Waals surface area contributed by atoms with Crippen LogP contribution in [0, 0.1) is 5.82 Å². The fourth-order valence-corrected chi connectivity index (χ4v) is 1.83. The number of halogens is 2. The summed E-state index contributed by atoms with van der Waals surface area (Å²) in [4.78, 5) is 0. The average molecular weight is 188 g/mol. The Bertz CT molecular complexity index is 362. The number of benzene rings is 1. The summed E-state index contributed by atoms with van der Waals surface area (Å²) >= 11 is 6.98. The minimum absolute atomic E-state index is 0.266. The Labute approximate surface area is 71.6 Å². The minimum Gasteiger partial charge on any atom is -0.206 e. The molecular weight excluding hydrogens is 185 g/mol. The van der Waals surface area contributed by atoms with Crippen LogP contribution in [0.15, 0.2) is 18.3 Å². The van der Waals surface area contributed by atoms with Gasteiger partial charge in [-0.2, -0.15) is 4.37 Å². The smallest absolute Gasteiger partial charge is 0.133 e. The van der Waals surface area contributed by atoms with Gasteiger partial charge in [-0.1, -0.05) is 11.6 Å². The van der Waals surface area contributed by atoms with Gasteiger partial charge in [-0.15, -0.1) is 0 Å². The number of hydrogen-bond acceptors (Lipinski definition) is 2. The molecule has 0 saturated heterocycles. The van der Waals surface area contributed by atoms with Crippen LogP contribution in [0.4, 0.5) is 4.39 Å². The number of fused-ring (bicyclic) bond motifs is 1. The third-order valence-corrected chi connectivity index (χ3v) is 2.68. The van der Waals surface area contributed by atoms with E-state index in [2.05, 4.69) is 4.37 Å². The van der Waals surface area contributed by atoms with E-state index in [4.69, 9.17) is 11.6 Å². The average Bonchev–Trinajstić information content (AvgIpc) is 2.45. The molecule has 11 heavy (non-hydrogen) atoms. The van der Waals surface area contributed by atoms with Gasteiger partial charge in [-0.05, 0) is 23.7 Å². The number of rotatable bonds is 0. The molecular formula is C7H3ClFNS. The van der Waals surface area contributed by atoms with Crippen LogP contribution >= 0.6 is 23.1 Å². The largest absolute Gasteiger partial charge is 0.206 e. The maximum absolute atomic E-state index is 12.9. The van der Waals surface area contributed by atoms with Crippen molar-refractivity contribution in [2.24, 2.45) is 0 Å². The molecule has 0 saturated carbocycles. The molecule has 0 aliphatic carbocycles. The lowest BCUT2D eigenvalue weighted by atomic mass is 10.3. The predicted octanol–water partition coefficient (Wildman–Crippen LogP) is 3.09. The van der Waals surface area contributed by atoms with Gasteiger partial charge >= 0.3 is 0 Å². The summed E-state index contributed by atoms with van der Waals surface area (Å²) in [6, 6.07) is 2.89. The molecule has 1 aromatic heterocycles. The van der Waals surface area contributed by atoms with E-state index in [0.29, 0.717) is 15.1 Å². The van der Waals surface area contributed by atoms with Crippen LogP contribution in [0.5, 0.6) is 0 Å². The van der Waals surface area contributed by atoms with Crippen molar-refractivity contribution in [2.45, 2.75) is 0 Å². The van der Waals surface area contributed by atoms with Crippen LogP contribution in [0.3, 0.4) is 0 Å². The van der Waals surface area contributed by atoms with Crippen molar-refractivity contribution in [3.8, 4) is 0 Å². The van der Waals surface area contributed by atoms with E-state index in [1.165, 1.54) is 29.9 Å². The van der Waals surface area contributed by atoms with Crippen LogP contribution in [-0.4, -0.2) is 4.37 Å². The standard InChI is InChI=1S/C7H3ClFNS/c8-5-1-2-6(9)4-3-10-11-7(4)5/h1-3H. The van der Waals surface area contributed by atoms with Gasteiger partial charge in [0.15, 0.2) is 0 Å². The maximum atomic E-state index is 12.9. The van der Waals surface area contributed by atoms with E-state index in [0.717, 1.165) is 0 Å².